The van der Waals surface area contributed by atoms with Crippen molar-refractivity contribution in [2.45, 2.75) is 11.2 Å². The molecule has 0 saturated carbocycles. The molecule has 15 heavy (non-hydrogen) atoms. The molecule has 0 N–H and O–H groups in total. The van der Waals surface area contributed by atoms with Crippen molar-refractivity contribution in [1.82, 2.24) is 0 Å². The first-order chi connectivity index (χ1) is 7.31. The van der Waals surface area contributed by atoms with E-state index in [1.807, 2.05) is 18.2 Å². The largest absolute Gasteiger partial charge is 0.302 e. The lowest BCUT2D eigenvalue weighted by Gasteiger charge is -2.06. The molecule has 0 aliphatic carbocycles. The summed E-state index contributed by atoms with van der Waals surface area (Å²) in [6.45, 7) is 0. The molecule has 1 atom stereocenters. The Morgan fingerprint density at radius 3 is 2.67 bits per heavy atom. The van der Waals surface area contributed by atoms with Gasteiger partial charge in [-0.05, 0) is 22.8 Å². The van der Waals surface area contributed by atoms with Crippen LogP contribution in [0.1, 0.15) is 5.56 Å². The minimum atomic E-state index is -0.0942. The van der Waals surface area contributed by atoms with Crippen molar-refractivity contribution in [1.29, 1.82) is 0 Å². The lowest BCUT2D eigenvalue weighted by atomic mass is 10.0. The molecule has 2 heteroatoms. The number of benzene rings is 2. The molecule has 0 radical (unpaired) electrons. The van der Waals surface area contributed by atoms with E-state index in [0.717, 1.165) is 12.7 Å². The molecule has 2 aromatic rings. The quantitative estimate of drug-likeness (QED) is 0.613. The molecule has 0 fully saturated rings. The Morgan fingerprint density at radius 1 is 1.13 bits per heavy atom. The second kappa shape index (κ2) is 4.58. The van der Waals surface area contributed by atoms with E-state index in [1.165, 1.54) is 16.3 Å². The smallest absolute Gasteiger partial charge is 0.133 e. The SMILES string of the molecule is O=CC(Br)Cc1cccc2ccccc12. The van der Waals surface area contributed by atoms with Crippen LogP contribution in [0.4, 0.5) is 0 Å². The maximum absolute atomic E-state index is 10.6. The van der Waals surface area contributed by atoms with Crippen LogP contribution in [0.2, 0.25) is 0 Å². The molecular weight excluding hydrogens is 252 g/mol. The van der Waals surface area contributed by atoms with Crippen LogP contribution in [0.5, 0.6) is 0 Å². The van der Waals surface area contributed by atoms with Crippen LogP contribution in [0.15, 0.2) is 42.5 Å². The molecule has 0 heterocycles. The predicted octanol–water partition coefficient (Wildman–Crippen LogP) is 3.34. The van der Waals surface area contributed by atoms with Crippen LogP contribution in [0, 0.1) is 0 Å². The van der Waals surface area contributed by atoms with E-state index in [-0.39, 0.29) is 4.83 Å². The van der Waals surface area contributed by atoms with Gasteiger partial charge in [-0.25, -0.2) is 0 Å². The fourth-order valence-corrected chi connectivity index (χ4v) is 2.08. The summed E-state index contributed by atoms with van der Waals surface area (Å²) in [5.41, 5.74) is 1.21. The first-order valence-corrected chi connectivity index (χ1v) is 5.79. The van der Waals surface area contributed by atoms with Crippen LogP contribution < -0.4 is 0 Å². The highest BCUT2D eigenvalue weighted by molar-refractivity contribution is 9.09. The molecule has 0 aliphatic heterocycles. The van der Waals surface area contributed by atoms with Crippen LogP contribution in [0.25, 0.3) is 10.8 Å². The van der Waals surface area contributed by atoms with Gasteiger partial charge in [0.15, 0.2) is 0 Å². The Balaban J connectivity index is 2.46. The van der Waals surface area contributed by atoms with Crippen molar-refractivity contribution < 1.29 is 4.79 Å². The normalized spacial score (nSPS) is 12.6. The van der Waals surface area contributed by atoms with E-state index in [4.69, 9.17) is 0 Å². The van der Waals surface area contributed by atoms with Gasteiger partial charge >= 0.3 is 0 Å². The molecule has 2 rings (SSSR count). The summed E-state index contributed by atoms with van der Waals surface area (Å²) in [6.07, 6.45) is 1.67. The maximum atomic E-state index is 10.6. The Kier molecular flexibility index (Phi) is 3.17. The molecular formula is C13H11BrO. The van der Waals surface area contributed by atoms with Gasteiger partial charge < -0.3 is 4.79 Å². The fourth-order valence-electron chi connectivity index (χ4n) is 1.73. The molecule has 0 aliphatic rings. The first kappa shape index (κ1) is 10.4. The van der Waals surface area contributed by atoms with Crippen molar-refractivity contribution in [3.63, 3.8) is 0 Å². The number of hydrogen-bond acceptors (Lipinski definition) is 1. The first-order valence-electron chi connectivity index (χ1n) is 4.87. The molecule has 1 unspecified atom stereocenters. The molecule has 0 spiro atoms. The zero-order chi connectivity index (χ0) is 10.7. The van der Waals surface area contributed by atoms with Crippen molar-refractivity contribution in [3.05, 3.63) is 48.0 Å². The highest BCUT2D eigenvalue weighted by atomic mass is 79.9. The van der Waals surface area contributed by atoms with Gasteiger partial charge in [0.05, 0.1) is 4.83 Å². The lowest BCUT2D eigenvalue weighted by molar-refractivity contribution is -0.107. The van der Waals surface area contributed by atoms with Gasteiger partial charge in [-0.3, -0.25) is 0 Å². The number of fused-ring (bicyclic) bond motifs is 1. The average Bonchev–Trinajstić information content (AvgIpc) is 2.29. The van der Waals surface area contributed by atoms with Crippen LogP contribution in [-0.4, -0.2) is 11.1 Å². The number of rotatable bonds is 3. The van der Waals surface area contributed by atoms with E-state index in [1.54, 1.807) is 0 Å². The maximum Gasteiger partial charge on any atom is 0.133 e. The van der Waals surface area contributed by atoms with Crippen LogP contribution >= 0.6 is 15.9 Å². The van der Waals surface area contributed by atoms with Gasteiger partial charge in [0, 0.05) is 0 Å². The average molecular weight is 263 g/mol. The Labute approximate surface area is 97.2 Å². The van der Waals surface area contributed by atoms with Crippen molar-refractivity contribution in [2.75, 3.05) is 0 Å². The minimum Gasteiger partial charge on any atom is -0.302 e. The fraction of sp³-hybridized carbons (Fsp3) is 0.154. The second-order valence-corrected chi connectivity index (χ2v) is 4.67. The Hall–Kier alpha value is -1.15. The van der Waals surface area contributed by atoms with E-state index in [2.05, 4.69) is 40.2 Å². The van der Waals surface area contributed by atoms with Gasteiger partial charge in [-0.15, -0.1) is 0 Å². The third kappa shape index (κ3) is 2.26. The van der Waals surface area contributed by atoms with E-state index in [0.29, 0.717) is 0 Å². The number of aldehydes is 1. The zero-order valence-corrected chi connectivity index (χ0v) is 9.78. The lowest BCUT2D eigenvalue weighted by Crippen LogP contribution is -2.03. The molecule has 76 valence electrons. The molecule has 0 aromatic heterocycles. The minimum absolute atomic E-state index is 0.0942. The van der Waals surface area contributed by atoms with Crippen molar-refractivity contribution in [3.8, 4) is 0 Å². The Bertz CT molecular complexity index is 473. The van der Waals surface area contributed by atoms with Gasteiger partial charge in [-0.2, -0.15) is 0 Å². The highest BCUT2D eigenvalue weighted by Crippen LogP contribution is 2.20. The number of hydrogen-bond donors (Lipinski definition) is 0. The number of carbonyl (C=O) groups excluding carboxylic acids is 1. The number of halogens is 1. The summed E-state index contributed by atoms with van der Waals surface area (Å²) in [5.74, 6) is 0. The molecule has 1 nitrogen and oxygen atoms in total. The second-order valence-electron chi connectivity index (χ2n) is 3.49. The summed E-state index contributed by atoms with van der Waals surface area (Å²) in [7, 11) is 0. The van der Waals surface area contributed by atoms with Crippen LogP contribution in [-0.2, 0) is 11.2 Å². The van der Waals surface area contributed by atoms with Gasteiger partial charge in [-0.1, -0.05) is 58.4 Å². The van der Waals surface area contributed by atoms with E-state index < -0.39 is 0 Å². The standard InChI is InChI=1S/C13H11BrO/c14-12(9-15)8-11-6-3-5-10-4-1-2-7-13(10)11/h1-7,9,12H,8H2. The molecule has 0 amide bonds. The molecule has 0 bridgehead atoms. The summed E-state index contributed by atoms with van der Waals surface area (Å²) in [4.78, 5) is 10.5. The van der Waals surface area contributed by atoms with Gasteiger partial charge in [0.1, 0.15) is 6.29 Å². The van der Waals surface area contributed by atoms with Crippen molar-refractivity contribution >= 4 is 33.0 Å². The third-order valence-electron chi connectivity index (χ3n) is 2.44. The molecule has 0 saturated heterocycles. The Morgan fingerprint density at radius 2 is 1.87 bits per heavy atom. The van der Waals surface area contributed by atoms with E-state index in [9.17, 15) is 4.79 Å². The van der Waals surface area contributed by atoms with Gasteiger partial charge in [0.25, 0.3) is 0 Å². The van der Waals surface area contributed by atoms with Gasteiger partial charge in [0.2, 0.25) is 0 Å². The summed E-state index contributed by atoms with van der Waals surface area (Å²) < 4.78 is 0. The zero-order valence-electron chi connectivity index (χ0n) is 8.19. The summed E-state index contributed by atoms with van der Waals surface area (Å²) in [5, 5.41) is 2.45. The summed E-state index contributed by atoms with van der Waals surface area (Å²) >= 11 is 3.33. The van der Waals surface area contributed by atoms with E-state index >= 15 is 0 Å². The number of alkyl halides is 1. The van der Waals surface area contributed by atoms with Crippen LogP contribution in [0.3, 0.4) is 0 Å². The highest BCUT2D eigenvalue weighted by Gasteiger charge is 2.06. The van der Waals surface area contributed by atoms with Crippen molar-refractivity contribution in [2.24, 2.45) is 0 Å². The third-order valence-corrected chi connectivity index (χ3v) is 2.98. The number of carbonyl (C=O) groups is 1. The molecule has 2 aromatic carbocycles. The topological polar surface area (TPSA) is 17.1 Å². The predicted molar refractivity (Wildman–Crippen MR) is 66.4 cm³/mol. The summed E-state index contributed by atoms with van der Waals surface area (Å²) in [6, 6.07) is 14.4. The monoisotopic (exact) mass is 262 g/mol.